The predicted octanol–water partition coefficient (Wildman–Crippen LogP) is 2.93. The summed E-state index contributed by atoms with van der Waals surface area (Å²) in [6.45, 7) is 3.00. The Hall–Kier alpha value is -3.61. The Bertz CT molecular complexity index is 1570. The molecule has 10 nitrogen and oxygen atoms in total. The molecule has 2 aliphatic heterocycles. The highest BCUT2D eigenvalue weighted by molar-refractivity contribution is 7.92. The molecule has 1 saturated heterocycles. The number of nitrogens with zero attached hydrogens (tertiary/aromatic N) is 2. The number of amides is 1. The maximum Gasteiger partial charge on any atom is 0.264 e. The van der Waals surface area contributed by atoms with Gasteiger partial charge in [-0.3, -0.25) is 9.10 Å². The van der Waals surface area contributed by atoms with Gasteiger partial charge in [0, 0.05) is 13.1 Å². The number of rotatable bonds is 9. The Kier molecular flexibility index (Phi) is 8.02. The van der Waals surface area contributed by atoms with Crippen LogP contribution in [0.4, 0.5) is 5.69 Å². The molecular weight excluding hydrogens is 554 g/mol. The summed E-state index contributed by atoms with van der Waals surface area (Å²) in [5, 5.41) is 2.74. The minimum absolute atomic E-state index is 0.121. The van der Waals surface area contributed by atoms with Crippen LogP contribution in [0.15, 0.2) is 82.6 Å². The molecule has 1 atom stereocenters. The second kappa shape index (κ2) is 11.5. The molecule has 5 rings (SSSR count). The SMILES string of the molecule is Cc1ccc2c(c1)O[C@@H](C(=O)NCCOc1ccc(S(=O)(=O)N3CCCC3)cc1)CN2S(=O)(=O)c1ccccc1. The summed E-state index contributed by atoms with van der Waals surface area (Å²) in [5.74, 6) is 0.301. The molecule has 12 heteroatoms. The summed E-state index contributed by atoms with van der Waals surface area (Å²) >= 11 is 0. The number of aryl methyl sites for hydroxylation is 1. The van der Waals surface area contributed by atoms with Gasteiger partial charge in [-0.25, -0.2) is 16.8 Å². The summed E-state index contributed by atoms with van der Waals surface area (Å²) in [4.78, 5) is 13.3. The first-order valence-corrected chi connectivity index (χ1v) is 15.9. The van der Waals surface area contributed by atoms with Crippen LogP contribution in [0.5, 0.6) is 11.5 Å². The van der Waals surface area contributed by atoms with Crippen LogP contribution in [0.3, 0.4) is 0 Å². The number of ether oxygens (including phenoxy) is 2. The van der Waals surface area contributed by atoms with Crippen LogP contribution in [0, 0.1) is 6.92 Å². The maximum absolute atomic E-state index is 13.5. The highest BCUT2D eigenvalue weighted by Crippen LogP contribution is 2.37. The monoisotopic (exact) mass is 585 g/mol. The number of fused-ring (bicyclic) bond motifs is 1. The zero-order chi connectivity index (χ0) is 28.3. The highest BCUT2D eigenvalue weighted by Gasteiger charge is 2.37. The van der Waals surface area contributed by atoms with Gasteiger partial charge in [-0.1, -0.05) is 24.3 Å². The van der Waals surface area contributed by atoms with Gasteiger partial charge in [0.2, 0.25) is 10.0 Å². The van der Waals surface area contributed by atoms with E-state index in [4.69, 9.17) is 9.47 Å². The van der Waals surface area contributed by atoms with Crippen molar-refractivity contribution in [3.63, 3.8) is 0 Å². The fourth-order valence-electron chi connectivity index (χ4n) is 4.69. The first kappa shape index (κ1) is 27.9. The number of anilines is 1. The van der Waals surface area contributed by atoms with E-state index in [2.05, 4.69) is 5.32 Å². The van der Waals surface area contributed by atoms with Gasteiger partial charge in [-0.2, -0.15) is 4.31 Å². The quantitative estimate of drug-likeness (QED) is 0.383. The summed E-state index contributed by atoms with van der Waals surface area (Å²) in [6, 6.07) is 19.4. The third kappa shape index (κ3) is 5.79. The predicted molar refractivity (Wildman–Crippen MR) is 150 cm³/mol. The molecule has 40 heavy (non-hydrogen) atoms. The van der Waals surface area contributed by atoms with Gasteiger partial charge in [0.1, 0.15) is 18.1 Å². The minimum atomic E-state index is -3.93. The molecule has 2 aliphatic rings. The molecule has 3 aromatic rings. The van der Waals surface area contributed by atoms with E-state index in [1.807, 2.05) is 6.92 Å². The van der Waals surface area contributed by atoms with Gasteiger partial charge in [-0.15, -0.1) is 0 Å². The van der Waals surface area contributed by atoms with Crippen molar-refractivity contribution in [1.82, 2.24) is 9.62 Å². The smallest absolute Gasteiger partial charge is 0.264 e. The number of nitrogens with one attached hydrogen (secondary N) is 1. The van der Waals surface area contributed by atoms with Gasteiger partial charge in [-0.05, 0) is 73.9 Å². The third-order valence-corrected chi connectivity index (χ3v) is 10.5. The van der Waals surface area contributed by atoms with E-state index in [1.165, 1.54) is 32.9 Å². The van der Waals surface area contributed by atoms with Crippen LogP contribution in [0.1, 0.15) is 18.4 Å². The Morgan fingerprint density at radius 2 is 1.60 bits per heavy atom. The summed E-state index contributed by atoms with van der Waals surface area (Å²) < 4.78 is 66.6. The molecule has 212 valence electrons. The van der Waals surface area contributed by atoms with Crippen LogP contribution in [0.2, 0.25) is 0 Å². The molecule has 1 fully saturated rings. The second-order valence-corrected chi connectivity index (χ2v) is 13.4. The standard InChI is InChI=1S/C28H31N3O7S2/c1-21-9-14-25-26(19-21)38-27(20-31(25)40(35,36)23-7-3-2-4-8-23)28(32)29-15-18-37-22-10-12-24(13-11-22)39(33,34)30-16-5-6-17-30/h2-4,7-14,19,27H,5-6,15-18,20H2,1H3,(H,29,32)/t27-/m1/s1. The van der Waals surface area contributed by atoms with E-state index in [9.17, 15) is 21.6 Å². The molecule has 1 N–H and O–H groups in total. The average Bonchev–Trinajstić information content (AvgIpc) is 3.51. The zero-order valence-corrected chi connectivity index (χ0v) is 23.7. The Morgan fingerprint density at radius 1 is 0.925 bits per heavy atom. The van der Waals surface area contributed by atoms with Crippen molar-refractivity contribution >= 4 is 31.6 Å². The van der Waals surface area contributed by atoms with Crippen molar-refractivity contribution in [2.75, 3.05) is 37.1 Å². The Labute approximate surface area is 234 Å². The van der Waals surface area contributed by atoms with Gasteiger partial charge < -0.3 is 14.8 Å². The van der Waals surface area contributed by atoms with E-state index < -0.39 is 32.1 Å². The molecule has 3 aromatic carbocycles. The van der Waals surface area contributed by atoms with Gasteiger partial charge in [0.25, 0.3) is 15.9 Å². The largest absolute Gasteiger partial charge is 0.492 e. The lowest BCUT2D eigenvalue weighted by Crippen LogP contribution is -2.51. The number of hydrogen-bond acceptors (Lipinski definition) is 7. The normalized spacial score (nSPS) is 17.6. The number of carbonyl (C=O) groups is 1. The number of carbonyl (C=O) groups excluding carboxylic acids is 1. The highest BCUT2D eigenvalue weighted by atomic mass is 32.2. The summed E-state index contributed by atoms with van der Waals surface area (Å²) in [5.41, 5.74) is 1.24. The van der Waals surface area contributed by atoms with Crippen molar-refractivity contribution in [2.45, 2.75) is 35.7 Å². The number of benzene rings is 3. The Morgan fingerprint density at radius 3 is 2.30 bits per heavy atom. The Balaban J connectivity index is 1.20. The summed E-state index contributed by atoms with van der Waals surface area (Å²) in [7, 11) is -7.43. The van der Waals surface area contributed by atoms with Crippen LogP contribution in [0.25, 0.3) is 0 Å². The molecule has 1 amide bonds. The molecular formula is C28H31N3O7S2. The van der Waals surface area contributed by atoms with Crippen LogP contribution in [-0.4, -0.2) is 65.9 Å². The third-order valence-electron chi connectivity index (χ3n) is 6.81. The minimum Gasteiger partial charge on any atom is -0.492 e. The van der Waals surface area contributed by atoms with Crippen molar-refractivity contribution < 1.29 is 31.1 Å². The van der Waals surface area contributed by atoms with E-state index in [1.54, 1.807) is 48.5 Å². The van der Waals surface area contributed by atoms with Gasteiger partial charge in [0.05, 0.1) is 28.6 Å². The number of sulfonamides is 2. The van der Waals surface area contributed by atoms with Crippen molar-refractivity contribution in [3.8, 4) is 11.5 Å². The van der Waals surface area contributed by atoms with Crippen LogP contribution < -0.4 is 19.1 Å². The molecule has 0 aromatic heterocycles. The van der Waals surface area contributed by atoms with E-state index in [0.717, 1.165) is 18.4 Å². The van der Waals surface area contributed by atoms with Crippen LogP contribution in [-0.2, 0) is 24.8 Å². The van der Waals surface area contributed by atoms with Gasteiger partial charge in [0.15, 0.2) is 6.10 Å². The topological polar surface area (TPSA) is 122 Å². The van der Waals surface area contributed by atoms with Crippen molar-refractivity contribution in [1.29, 1.82) is 0 Å². The van der Waals surface area contributed by atoms with E-state index in [-0.39, 0.29) is 29.5 Å². The fraction of sp³-hybridized carbons (Fsp3) is 0.321. The van der Waals surface area contributed by atoms with Crippen LogP contribution >= 0.6 is 0 Å². The molecule has 0 aliphatic carbocycles. The molecule has 0 saturated carbocycles. The molecule has 0 bridgehead atoms. The first-order valence-electron chi connectivity index (χ1n) is 13.0. The van der Waals surface area contributed by atoms with Crippen molar-refractivity contribution in [2.24, 2.45) is 0 Å². The summed E-state index contributed by atoms with van der Waals surface area (Å²) in [6.07, 6.45) is 0.665. The lowest BCUT2D eigenvalue weighted by molar-refractivity contribution is -0.127. The van der Waals surface area contributed by atoms with Crippen molar-refractivity contribution in [3.05, 3.63) is 78.4 Å². The molecule has 0 spiro atoms. The lowest BCUT2D eigenvalue weighted by Gasteiger charge is -2.35. The molecule has 0 unspecified atom stereocenters. The van der Waals surface area contributed by atoms with E-state index >= 15 is 0 Å². The lowest BCUT2D eigenvalue weighted by atomic mass is 10.1. The first-order chi connectivity index (χ1) is 19.2. The zero-order valence-electron chi connectivity index (χ0n) is 22.0. The average molecular weight is 586 g/mol. The second-order valence-electron chi connectivity index (χ2n) is 9.65. The molecule has 2 heterocycles. The van der Waals surface area contributed by atoms with E-state index in [0.29, 0.717) is 30.3 Å². The van der Waals surface area contributed by atoms with Gasteiger partial charge >= 0.3 is 0 Å². The number of hydrogen-bond donors (Lipinski definition) is 1. The maximum atomic E-state index is 13.5. The fourth-order valence-corrected chi connectivity index (χ4v) is 7.70. The molecule has 0 radical (unpaired) electrons.